The maximum absolute atomic E-state index is 11.5. The molecule has 0 bridgehead atoms. The summed E-state index contributed by atoms with van der Waals surface area (Å²) in [7, 11) is 0. The lowest BCUT2D eigenvalue weighted by Gasteiger charge is -1.96. The first-order valence-electron chi connectivity index (χ1n) is 4.52. The minimum Gasteiger partial charge on any atom is -0.295 e. The van der Waals surface area contributed by atoms with Crippen molar-refractivity contribution in [3.05, 3.63) is 41.5 Å². The average Bonchev–Trinajstić information content (AvgIpc) is 2.44. The molecule has 0 aromatic heterocycles. The summed E-state index contributed by atoms with van der Waals surface area (Å²) in [6.07, 6.45) is 1.91. The molecule has 0 saturated carbocycles. The third-order valence-corrected chi connectivity index (χ3v) is 2.30. The Bertz CT molecular complexity index is 441. The van der Waals surface area contributed by atoms with Crippen molar-refractivity contribution in [2.24, 2.45) is 0 Å². The molecule has 1 aliphatic carbocycles. The van der Waals surface area contributed by atoms with E-state index in [1.807, 2.05) is 18.2 Å². The largest absolute Gasteiger partial charge is 0.295 e. The zero-order chi connectivity index (χ0) is 10.1. The number of allylic oxidation sites excluding steroid dienone is 2. The van der Waals surface area contributed by atoms with Crippen molar-refractivity contribution >= 4 is 17.1 Å². The summed E-state index contributed by atoms with van der Waals surface area (Å²) in [5, 5.41) is 0. The number of carbonyl (C=O) groups excluding carboxylic acids is 2. The first-order valence-corrected chi connectivity index (χ1v) is 4.52. The zero-order valence-electron chi connectivity index (χ0n) is 7.91. The Labute approximate surface area is 82.2 Å². The van der Waals surface area contributed by atoms with Gasteiger partial charge in [-0.3, -0.25) is 9.59 Å². The summed E-state index contributed by atoms with van der Waals surface area (Å²) in [5.74, 6) is 0.0950. The smallest absolute Gasteiger partial charge is 0.167 e. The topological polar surface area (TPSA) is 34.1 Å². The molecule has 0 radical (unpaired) electrons. The number of Topliss-reactive ketones (excluding diaryl/α,β-unsaturated/α-hetero) is 1. The van der Waals surface area contributed by atoms with Crippen LogP contribution in [-0.4, -0.2) is 11.6 Å². The van der Waals surface area contributed by atoms with Gasteiger partial charge in [0, 0.05) is 12.0 Å². The highest BCUT2D eigenvalue weighted by Crippen LogP contribution is 2.31. The summed E-state index contributed by atoms with van der Waals surface area (Å²) in [4.78, 5) is 22.4. The van der Waals surface area contributed by atoms with E-state index in [4.69, 9.17) is 0 Å². The fourth-order valence-electron chi connectivity index (χ4n) is 1.74. The molecule has 0 heterocycles. The molecule has 2 nitrogen and oxygen atoms in total. The standard InChI is InChI=1S/C12H10O2/c1-8(13)6-9-7-12(14)11-5-3-2-4-10(9)11/h2-6H,7H2,1H3/b9-6+. The maximum Gasteiger partial charge on any atom is 0.167 e. The lowest BCUT2D eigenvalue weighted by atomic mass is 10.1. The molecule has 0 spiro atoms. The van der Waals surface area contributed by atoms with Crippen LogP contribution in [0.3, 0.4) is 0 Å². The number of benzene rings is 1. The number of rotatable bonds is 1. The van der Waals surface area contributed by atoms with Crippen LogP contribution in [0, 0.1) is 0 Å². The third kappa shape index (κ3) is 1.39. The van der Waals surface area contributed by atoms with Gasteiger partial charge in [0.2, 0.25) is 0 Å². The molecular formula is C12H10O2. The molecule has 1 aromatic rings. The lowest BCUT2D eigenvalue weighted by Crippen LogP contribution is -1.89. The van der Waals surface area contributed by atoms with Crippen molar-refractivity contribution in [3.8, 4) is 0 Å². The molecule has 14 heavy (non-hydrogen) atoms. The minimum absolute atomic E-state index is 0.00972. The summed E-state index contributed by atoms with van der Waals surface area (Å²) < 4.78 is 0. The molecule has 2 rings (SSSR count). The van der Waals surface area contributed by atoms with Gasteiger partial charge in [0.1, 0.15) is 0 Å². The van der Waals surface area contributed by atoms with Gasteiger partial charge in [-0.15, -0.1) is 0 Å². The van der Waals surface area contributed by atoms with Crippen LogP contribution in [0.15, 0.2) is 30.3 Å². The van der Waals surface area contributed by atoms with Gasteiger partial charge in [-0.1, -0.05) is 24.3 Å². The normalized spacial score (nSPS) is 17.2. The highest BCUT2D eigenvalue weighted by Gasteiger charge is 2.23. The van der Waals surface area contributed by atoms with Crippen molar-refractivity contribution in [1.29, 1.82) is 0 Å². The fourth-order valence-corrected chi connectivity index (χ4v) is 1.74. The van der Waals surface area contributed by atoms with Crippen LogP contribution in [0.5, 0.6) is 0 Å². The number of hydrogen-bond donors (Lipinski definition) is 0. The summed E-state index contributed by atoms with van der Waals surface area (Å²) in [6, 6.07) is 7.41. The number of fused-ring (bicyclic) bond motifs is 1. The Kier molecular flexibility index (Phi) is 2.04. The Morgan fingerprint density at radius 1 is 1.29 bits per heavy atom. The molecule has 2 heteroatoms. The Hall–Kier alpha value is -1.70. The monoisotopic (exact) mass is 186 g/mol. The van der Waals surface area contributed by atoms with Gasteiger partial charge < -0.3 is 0 Å². The molecule has 0 saturated heterocycles. The van der Waals surface area contributed by atoms with Crippen molar-refractivity contribution in [3.63, 3.8) is 0 Å². The van der Waals surface area contributed by atoms with Crippen molar-refractivity contribution in [2.45, 2.75) is 13.3 Å². The first kappa shape index (κ1) is 8.88. The summed E-state index contributed by atoms with van der Waals surface area (Å²) in [6.45, 7) is 1.50. The highest BCUT2D eigenvalue weighted by atomic mass is 16.1. The molecular weight excluding hydrogens is 176 g/mol. The van der Waals surface area contributed by atoms with Crippen LogP contribution >= 0.6 is 0 Å². The minimum atomic E-state index is -0.00972. The molecule has 0 unspecified atom stereocenters. The van der Waals surface area contributed by atoms with Gasteiger partial charge in [-0.05, 0) is 24.1 Å². The SMILES string of the molecule is CC(=O)/C=C1\CC(=O)c2ccccc21. The van der Waals surface area contributed by atoms with Crippen LogP contribution in [0.4, 0.5) is 0 Å². The fraction of sp³-hybridized carbons (Fsp3) is 0.167. The molecule has 1 aromatic carbocycles. The van der Waals surface area contributed by atoms with Crippen LogP contribution < -0.4 is 0 Å². The van der Waals surface area contributed by atoms with Crippen molar-refractivity contribution in [1.82, 2.24) is 0 Å². The van der Waals surface area contributed by atoms with E-state index >= 15 is 0 Å². The van der Waals surface area contributed by atoms with Crippen LogP contribution in [-0.2, 0) is 4.79 Å². The molecule has 0 fully saturated rings. The second kappa shape index (κ2) is 3.22. The van der Waals surface area contributed by atoms with E-state index in [0.717, 1.165) is 16.7 Å². The lowest BCUT2D eigenvalue weighted by molar-refractivity contribution is -0.112. The predicted octanol–water partition coefficient (Wildman–Crippen LogP) is 2.25. The predicted molar refractivity (Wildman–Crippen MR) is 54.0 cm³/mol. The third-order valence-electron chi connectivity index (χ3n) is 2.30. The summed E-state index contributed by atoms with van der Waals surface area (Å²) >= 11 is 0. The van der Waals surface area contributed by atoms with E-state index in [-0.39, 0.29) is 11.6 Å². The number of ketones is 2. The van der Waals surface area contributed by atoms with E-state index in [9.17, 15) is 9.59 Å². The highest BCUT2D eigenvalue weighted by molar-refractivity contribution is 6.14. The molecule has 1 aliphatic rings. The molecule has 0 aliphatic heterocycles. The Morgan fingerprint density at radius 3 is 2.57 bits per heavy atom. The van der Waals surface area contributed by atoms with E-state index in [0.29, 0.717) is 6.42 Å². The van der Waals surface area contributed by atoms with Crippen LogP contribution in [0.2, 0.25) is 0 Å². The van der Waals surface area contributed by atoms with Gasteiger partial charge in [-0.25, -0.2) is 0 Å². The van der Waals surface area contributed by atoms with Crippen LogP contribution in [0.1, 0.15) is 29.3 Å². The van der Waals surface area contributed by atoms with E-state index < -0.39 is 0 Å². The zero-order valence-corrected chi connectivity index (χ0v) is 7.91. The van der Waals surface area contributed by atoms with Gasteiger partial charge in [0.25, 0.3) is 0 Å². The number of hydrogen-bond acceptors (Lipinski definition) is 2. The van der Waals surface area contributed by atoms with Crippen LogP contribution in [0.25, 0.3) is 5.57 Å². The van der Waals surface area contributed by atoms with Gasteiger partial charge in [-0.2, -0.15) is 0 Å². The second-order valence-electron chi connectivity index (χ2n) is 3.43. The van der Waals surface area contributed by atoms with Crippen molar-refractivity contribution in [2.75, 3.05) is 0 Å². The second-order valence-corrected chi connectivity index (χ2v) is 3.43. The van der Waals surface area contributed by atoms with E-state index in [1.165, 1.54) is 6.92 Å². The summed E-state index contributed by atoms with van der Waals surface area (Å²) in [5.41, 5.74) is 2.49. The van der Waals surface area contributed by atoms with E-state index in [1.54, 1.807) is 12.1 Å². The Balaban J connectivity index is 2.54. The van der Waals surface area contributed by atoms with Gasteiger partial charge in [0.05, 0.1) is 0 Å². The molecule has 0 amide bonds. The molecule has 0 atom stereocenters. The van der Waals surface area contributed by atoms with E-state index in [2.05, 4.69) is 0 Å². The number of carbonyl (C=O) groups is 2. The Morgan fingerprint density at radius 2 is 1.93 bits per heavy atom. The molecule has 70 valence electrons. The maximum atomic E-state index is 11.5. The average molecular weight is 186 g/mol. The van der Waals surface area contributed by atoms with Gasteiger partial charge in [0.15, 0.2) is 11.6 Å². The first-order chi connectivity index (χ1) is 6.68. The van der Waals surface area contributed by atoms with Crippen molar-refractivity contribution < 1.29 is 9.59 Å². The quantitative estimate of drug-likeness (QED) is 0.630. The van der Waals surface area contributed by atoms with Gasteiger partial charge >= 0.3 is 0 Å². The molecule has 0 N–H and O–H groups in total.